The lowest BCUT2D eigenvalue weighted by Crippen LogP contribution is -2.41. The molecule has 0 saturated heterocycles. The number of halogens is 1. The lowest BCUT2D eigenvalue weighted by molar-refractivity contribution is -0.174. The Morgan fingerprint density at radius 1 is 1.22 bits per heavy atom. The minimum atomic E-state index is -0.837. The lowest BCUT2D eigenvalue weighted by Gasteiger charge is -2.29. The van der Waals surface area contributed by atoms with E-state index in [2.05, 4.69) is 22.6 Å². The van der Waals surface area contributed by atoms with E-state index in [1.54, 1.807) is 6.92 Å². The van der Waals surface area contributed by atoms with Crippen LogP contribution < -0.4 is 0 Å². The first-order valence-electron chi connectivity index (χ1n) is 6.16. The molecule has 2 atom stereocenters. The van der Waals surface area contributed by atoms with Crippen LogP contribution in [0.15, 0.2) is 0 Å². The van der Waals surface area contributed by atoms with Gasteiger partial charge < -0.3 is 9.47 Å². The molecule has 0 rings (SSSR count). The molecule has 106 valence electrons. The molecular formula is C13H23IO4. The molecule has 0 amide bonds. The average molecular weight is 370 g/mol. The molecule has 0 N–H and O–H groups in total. The second kappa shape index (κ2) is 7.31. The largest absolute Gasteiger partial charge is 0.463 e. The van der Waals surface area contributed by atoms with Crippen LogP contribution in [0.4, 0.5) is 0 Å². The standard InChI is InChI=1S/C13H23IO4/c1-7-17-11(15)10(9(4)14)18-12(16)13(5,6)8(2)3/h8-10H,7H2,1-6H3. The summed E-state index contributed by atoms with van der Waals surface area (Å²) in [4.78, 5) is 23.8. The van der Waals surface area contributed by atoms with Crippen LogP contribution in [-0.4, -0.2) is 28.6 Å². The smallest absolute Gasteiger partial charge is 0.348 e. The van der Waals surface area contributed by atoms with E-state index in [9.17, 15) is 9.59 Å². The molecule has 0 aromatic rings. The van der Waals surface area contributed by atoms with Gasteiger partial charge in [0, 0.05) is 0 Å². The van der Waals surface area contributed by atoms with E-state index in [1.807, 2.05) is 34.6 Å². The van der Waals surface area contributed by atoms with Crippen molar-refractivity contribution in [3.63, 3.8) is 0 Å². The summed E-state index contributed by atoms with van der Waals surface area (Å²) in [6.07, 6.45) is -0.837. The Labute approximate surface area is 123 Å². The number of alkyl halides is 1. The molecule has 0 aliphatic carbocycles. The van der Waals surface area contributed by atoms with Crippen molar-refractivity contribution in [2.75, 3.05) is 6.61 Å². The molecule has 0 aliphatic heterocycles. The first-order valence-corrected chi connectivity index (χ1v) is 7.40. The Balaban J connectivity index is 4.80. The van der Waals surface area contributed by atoms with Gasteiger partial charge in [-0.1, -0.05) is 36.4 Å². The van der Waals surface area contributed by atoms with Crippen molar-refractivity contribution >= 4 is 34.5 Å². The van der Waals surface area contributed by atoms with Crippen LogP contribution in [0.5, 0.6) is 0 Å². The van der Waals surface area contributed by atoms with Gasteiger partial charge >= 0.3 is 11.9 Å². The zero-order valence-electron chi connectivity index (χ0n) is 12.0. The molecule has 0 fully saturated rings. The van der Waals surface area contributed by atoms with E-state index in [0.717, 1.165) is 0 Å². The monoisotopic (exact) mass is 370 g/mol. The van der Waals surface area contributed by atoms with Crippen molar-refractivity contribution < 1.29 is 19.1 Å². The van der Waals surface area contributed by atoms with Gasteiger partial charge in [0.05, 0.1) is 15.9 Å². The quantitative estimate of drug-likeness (QED) is 0.410. The van der Waals surface area contributed by atoms with Crippen molar-refractivity contribution in [2.24, 2.45) is 11.3 Å². The third-order valence-electron chi connectivity index (χ3n) is 3.14. The highest BCUT2D eigenvalue weighted by Gasteiger charge is 2.37. The topological polar surface area (TPSA) is 52.6 Å². The van der Waals surface area contributed by atoms with E-state index in [-0.39, 0.29) is 22.4 Å². The fourth-order valence-electron chi connectivity index (χ4n) is 1.06. The van der Waals surface area contributed by atoms with E-state index in [4.69, 9.17) is 9.47 Å². The van der Waals surface area contributed by atoms with Gasteiger partial charge in [0.25, 0.3) is 0 Å². The van der Waals surface area contributed by atoms with Crippen LogP contribution in [-0.2, 0) is 19.1 Å². The Hall–Kier alpha value is -0.330. The van der Waals surface area contributed by atoms with Crippen LogP contribution in [0.2, 0.25) is 0 Å². The van der Waals surface area contributed by atoms with Crippen molar-refractivity contribution in [3.8, 4) is 0 Å². The lowest BCUT2D eigenvalue weighted by atomic mass is 9.81. The molecule has 0 aliphatic rings. The third kappa shape index (κ3) is 4.74. The first-order chi connectivity index (χ1) is 8.14. The molecule has 0 aromatic heterocycles. The maximum Gasteiger partial charge on any atom is 0.348 e. The summed E-state index contributed by atoms with van der Waals surface area (Å²) in [5.41, 5.74) is -0.615. The second-order valence-corrected chi connectivity index (χ2v) is 7.10. The van der Waals surface area contributed by atoms with Gasteiger partial charge in [0.15, 0.2) is 0 Å². The van der Waals surface area contributed by atoms with Crippen molar-refractivity contribution in [1.82, 2.24) is 0 Å². The maximum atomic E-state index is 12.1. The molecule has 0 saturated carbocycles. The fourth-order valence-corrected chi connectivity index (χ4v) is 1.50. The Morgan fingerprint density at radius 2 is 1.72 bits per heavy atom. The SMILES string of the molecule is CCOC(=O)C(OC(=O)C(C)(C)C(C)C)C(C)I. The molecule has 2 unspecified atom stereocenters. The number of hydrogen-bond donors (Lipinski definition) is 0. The summed E-state index contributed by atoms with van der Waals surface area (Å²) in [5, 5.41) is 0. The normalized spacial score (nSPS) is 15.1. The molecule has 0 radical (unpaired) electrons. The highest BCUT2D eigenvalue weighted by molar-refractivity contribution is 14.1. The molecule has 0 heterocycles. The van der Waals surface area contributed by atoms with Gasteiger partial charge in [0.1, 0.15) is 0 Å². The van der Waals surface area contributed by atoms with Gasteiger partial charge in [-0.2, -0.15) is 0 Å². The summed E-state index contributed by atoms with van der Waals surface area (Å²) in [5.74, 6) is -0.705. The Bertz CT molecular complexity index is 297. The maximum absolute atomic E-state index is 12.1. The number of rotatable bonds is 6. The zero-order chi connectivity index (χ0) is 14.5. The molecule has 4 nitrogen and oxygen atoms in total. The minimum absolute atomic E-state index is 0.131. The molecule has 0 bridgehead atoms. The fraction of sp³-hybridized carbons (Fsp3) is 0.846. The predicted molar refractivity (Wildman–Crippen MR) is 78.6 cm³/mol. The second-order valence-electron chi connectivity index (χ2n) is 5.13. The summed E-state index contributed by atoms with van der Waals surface area (Å²) < 4.78 is 10.1. The van der Waals surface area contributed by atoms with Gasteiger partial charge in [-0.05, 0) is 33.6 Å². The van der Waals surface area contributed by atoms with E-state index in [0.29, 0.717) is 0 Å². The van der Waals surface area contributed by atoms with Gasteiger partial charge in [-0.15, -0.1) is 0 Å². The number of hydrogen-bond acceptors (Lipinski definition) is 4. The van der Waals surface area contributed by atoms with Crippen LogP contribution >= 0.6 is 22.6 Å². The van der Waals surface area contributed by atoms with E-state index < -0.39 is 17.5 Å². The molecule has 0 spiro atoms. The molecular weight excluding hydrogens is 347 g/mol. The summed E-state index contributed by atoms with van der Waals surface area (Å²) in [7, 11) is 0. The highest BCUT2D eigenvalue weighted by Crippen LogP contribution is 2.29. The van der Waals surface area contributed by atoms with E-state index in [1.165, 1.54) is 0 Å². The van der Waals surface area contributed by atoms with Crippen LogP contribution in [0.25, 0.3) is 0 Å². The van der Waals surface area contributed by atoms with E-state index >= 15 is 0 Å². The molecule has 5 heteroatoms. The molecule has 0 aromatic carbocycles. The number of esters is 2. The van der Waals surface area contributed by atoms with Crippen LogP contribution in [0, 0.1) is 11.3 Å². The summed E-state index contributed by atoms with van der Waals surface area (Å²) >= 11 is 2.06. The zero-order valence-corrected chi connectivity index (χ0v) is 14.1. The van der Waals surface area contributed by atoms with Gasteiger partial charge in [0.2, 0.25) is 6.10 Å². The van der Waals surface area contributed by atoms with Gasteiger partial charge in [-0.25, -0.2) is 4.79 Å². The number of ether oxygens (including phenoxy) is 2. The average Bonchev–Trinajstić information content (AvgIpc) is 2.24. The van der Waals surface area contributed by atoms with Crippen molar-refractivity contribution in [2.45, 2.75) is 51.6 Å². The van der Waals surface area contributed by atoms with Crippen LogP contribution in [0.1, 0.15) is 41.5 Å². The number of carbonyl (C=O) groups is 2. The Morgan fingerprint density at radius 3 is 2.06 bits per heavy atom. The number of carbonyl (C=O) groups excluding carboxylic acids is 2. The third-order valence-corrected chi connectivity index (χ3v) is 3.79. The minimum Gasteiger partial charge on any atom is -0.463 e. The molecule has 18 heavy (non-hydrogen) atoms. The Kier molecular flexibility index (Phi) is 7.17. The van der Waals surface area contributed by atoms with Crippen molar-refractivity contribution in [1.29, 1.82) is 0 Å². The summed E-state index contributed by atoms with van der Waals surface area (Å²) in [6, 6.07) is 0. The van der Waals surface area contributed by atoms with Crippen molar-refractivity contribution in [3.05, 3.63) is 0 Å². The first kappa shape index (κ1) is 17.7. The summed E-state index contributed by atoms with van der Waals surface area (Å²) in [6.45, 7) is 11.4. The van der Waals surface area contributed by atoms with Gasteiger partial charge in [-0.3, -0.25) is 4.79 Å². The highest BCUT2D eigenvalue weighted by atomic mass is 127. The predicted octanol–water partition coefficient (Wildman–Crippen LogP) is 2.97. The van der Waals surface area contributed by atoms with Crippen LogP contribution in [0.3, 0.4) is 0 Å².